The molecule has 2 unspecified atom stereocenters. The van der Waals surface area contributed by atoms with Crippen LogP contribution in [0, 0.1) is 17.3 Å². The van der Waals surface area contributed by atoms with Crippen LogP contribution in [-0.4, -0.2) is 16.3 Å². The fourth-order valence-electron chi connectivity index (χ4n) is 3.52. The van der Waals surface area contributed by atoms with E-state index in [1.165, 1.54) is 31.4 Å². The maximum atomic E-state index is 6.01. The summed E-state index contributed by atoms with van der Waals surface area (Å²) >= 11 is 0. The van der Waals surface area contributed by atoms with Crippen molar-refractivity contribution >= 4 is 0 Å². The first kappa shape index (κ1) is 10.3. The second kappa shape index (κ2) is 3.59. The molecule has 3 heteroatoms. The first-order valence-electron chi connectivity index (χ1n) is 6.39. The predicted molar refractivity (Wildman–Crippen MR) is 63.8 cm³/mol. The zero-order chi connectivity index (χ0) is 11.2. The molecule has 3 rings (SSSR count). The van der Waals surface area contributed by atoms with Crippen molar-refractivity contribution in [2.24, 2.45) is 30.0 Å². The molecule has 3 nitrogen and oxygen atoms in total. The Hall–Kier alpha value is -0.830. The summed E-state index contributed by atoms with van der Waals surface area (Å²) in [6, 6.07) is 2.12. The number of nitrogens with zero attached hydrogens (tertiary/aromatic N) is 2. The van der Waals surface area contributed by atoms with E-state index in [-0.39, 0.29) is 0 Å². The molecule has 2 fully saturated rings. The lowest BCUT2D eigenvalue weighted by Gasteiger charge is -2.29. The third kappa shape index (κ3) is 1.67. The van der Waals surface area contributed by atoms with Crippen LogP contribution in [0.2, 0.25) is 0 Å². The highest BCUT2D eigenvalue weighted by Crippen LogP contribution is 2.60. The Balaban J connectivity index is 1.63. The maximum absolute atomic E-state index is 6.01. The van der Waals surface area contributed by atoms with Crippen LogP contribution in [0.3, 0.4) is 0 Å². The van der Waals surface area contributed by atoms with Gasteiger partial charge in [-0.3, -0.25) is 4.68 Å². The molecule has 16 heavy (non-hydrogen) atoms. The first-order chi connectivity index (χ1) is 7.72. The van der Waals surface area contributed by atoms with Gasteiger partial charge < -0.3 is 5.73 Å². The molecule has 0 amide bonds. The average Bonchev–Trinajstić information content (AvgIpc) is 2.74. The highest BCUT2D eigenvalue weighted by atomic mass is 15.2. The third-order valence-corrected chi connectivity index (χ3v) is 4.73. The molecule has 1 heterocycles. The summed E-state index contributed by atoms with van der Waals surface area (Å²) in [5, 5.41) is 4.22. The van der Waals surface area contributed by atoms with E-state index in [0.717, 1.165) is 24.8 Å². The Bertz CT molecular complexity index is 372. The van der Waals surface area contributed by atoms with E-state index in [9.17, 15) is 0 Å². The molecule has 2 atom stereocenters. The molecule has 2 aliphatic carbocycles. The Morgan fingerprint density at radius 2 is 2.25 bits per heavy atom. The van der Waals surface area contributed by atoms with E-state index >= 15 is 0 Å². The van der Waals surface area contributed by atoms with Crippen LogP contribution < -0.4 is 5.73 Å². The van der Waals surface area contributed by atoms with Crippen molar-refractivity contribution in [3.05, 3.63) is 18.0 Å². The monoisotopic (exact) mass is 219 g/mol. The van der Waals surface area contributed by atoms with Gasteiger partial charge in [0.2, 0.25) is 0 Å². The fourth-order valence-corrected chi connectivity index (χ4v) is 3.52. The second-order valence-corrected chi connectivity index (χ2v) is 5.81. The molecular formula is C13H21N3. The van der Waals surface area contributed by atoms with Gasteiger partial charge in [-0.05, 0) is 62.0 Å². The van der Waals surface area contributed by atoms with Gasteiger partial charge in [-0.15, -0.1) is 0 Å². The SMILES string of the molecule is Cn1nccc1CCC1(CN)CC2CC2C1. The van der Waals surface area contributed by atoms with Crippen LogP contribution in [0.5, 0.6) is 0 Å². The molecule has 1 aromatic rings. The van der Waals surface area contributed by atoms with Gasteiger partial charge in [0.15, 0.2) is 0 Å². The standard InChI is InChI=1S/C13H21N3/c1-16-12(3-5-15-16)2-4-13(9-14)7-10-6-11(10)8-13/h3,5,10-11H,2,4,6-9,14H2,1H3. The van der Waals surface area contributed by atoms with Crippen molar-refractivity contribution in [3.63, 3.8) is 0 Å². The topological polar surface area (TPSA) is 43.8 Å². The summed E-state index contributed by atoms with van der Waals surface area (Å²) in [5.74, 6) is 2.05. The Morgan fingerprint density at radius 1 is 1.50 bits per heavy atom. The van der Waals surface area contributed by atoms with Gasteiger partial charge in [0.1, 0.15) is 0 Å². The summed E-state index contributed by atoms with van der Waals surface area (Å²) in [6.07, 6.45) is 8.51. The van der Waals surface area contributed by atoms with E-state index in [1.807, 2.05) is 17.9 Å². The molecule has 2 N–H and O–H groups in total. The summed E-state index contributed by atoms with van der Waals surface area (Å²) < 4.78 is 1.99. The van der Waals surface area contributed by atoms with Crippen molar-refractivity contribution in [2.75, 3.05) is 6.54 Å². The zero-order valence-electron chi connectivity index (χ0n) is 10.0. The van der Waals surface area contributed by atoms with E-state index in [0.29, 0.717) is 5.41 Å². The molecule has 0 aromatic carbocycles. The van der Waals surface area contributed by atoms with Crippen LogP contribution in [-0.2, 0) is 13.5 Å². The van der Waals surface area contributed by atoms with Crippen molar-refractivity contribution < 1.29 is 0 Å². The first-order valence-corrected chi connectivity index (χ1v) is 6.39. The minimum atomic E-state index is 0.456. The van der Waals surface area contributed by atoms with E-state index < -0.39 is 0 Å². The number of hydrogen-bond acceptors (Lipinski definition) is 2. The molecule has 2 saturated carbocycles. The largest absolute Gasteiger partial charge is 0.330 e. The lowest BCUT2D eigenvalue weighted by molar-refractivity contribution is 0.251. The lowest BCUT2D eigenvalue weighted by atomic mass is 9.78. The molecule has 2 aliphatic rings. The molecule has 0 aliphatic heterocycles. The van der Waals surface area contributed by atoms with E-state index in [4.69, 9.17) is 5.73 Å². The van der Waals surface area contributed by atoms with Crippen LogP contribution in [0.1, 0.15) is 31.4 Å². The highest BCUT2D eigenvalue weighted by molar-refractivity contribution is 5.07. The van der Waals surface area contributed by atoms with E-state index in [2.05, 4.69) is 11.2 Å². The fraction of sp³-hybridized carbons (Fsp3) is 0.769. The predicted octanol–water partition coefficient (Wildman–Crippen LogP) is 1.73. The molecule has 0 spiro atoms. The van der Waals surface area contributed by atoms with Crippen molar-refractivity contribution in [1.82, 2.24) is 9.78 Å². The van der Waals surface area contributed by atoms with Crippen molar-refractivity contribution in [3.8, 4) is 0 Å². The summed E-state index contributed by atoms with van der Waals surface area (Å²) in [5.41, 5.74) is 7.80. The molecule has 1 aromatic heterocycles. The van der Waals surface area contributed by atoms with Crippen molar-refractivity contribution in [1.29, 1.82) is 0 Å². The van der Waals surface area contributed by atoms with Gasteiger partial charge in [0.25, 0.3) is 0 Å². The third-order valence-electron chi connectivity index (χ3n) is 4.73. The second-order valence-electron chi connectivity index (χ2n) is 5.81. The van der Waals surface area contributed by atoms with Crippen LogP contribution in [0.4, 0.5) is 0 Å². The Labute approximate surface area is 97.0 Å². The van der Waals surface area contributed by atoms with Crippen LogP contribution >= 0.6 is 0 Å². The molecule has 88 valence electrons. The van der Waals surface area contributed by atoms with Gasteiger partial charge >= 0.3 is 0 Å². The molecule has 0 bridgehead atoms. The van der Waals surface area contributed by atoms with E-state index in [1.54, 1.807) is 0 Å². The normalized spacial score (nSPS) is 36.4. The van der Waals surface area contributed by atoms with Gasteiger partial charge in [0.05, 0.1) is 0 Å². The highest BCUT2D eigenvalue weighted by Gasteiger charge is 2.52. The van der Waals surface area contributed by atoms with Gasteiger partial charge in [-0.25, -0.2) is 0 Å². The minimum Gasteiger partial charge on any atom is -0.330 e. The van der Waals surface area contributed by atoms with Crippen molar-refractivity contribution in [2.45, 2.75) is 32.1 Å². The molecule has 0 radical (unpaired) electrons. The number of aryl methyl sites for hydroxylation is 2. The lowest BCUT2D eigenvalue weighted by Crippen LogP contribution is -2.29. The van der Waals surface area contributed by atoms with Gasteiger partial charge in [-0.1, -0.05) is 0 Å². The van der Waals surface area contributed by atoms with Crippen LogP contribution in [0.25, 0.3) is 0 Å². The average molecular weight is 219 g/mol. The smallest absolute Gasteiger partial charge is 0.0492 e. The summed E-state index contributed by atoms with van der Waals surface area (Å²) in [7, 11) is 2.02. The summed E-state index contributed by atoms with van der Waals surface area (Å²) in [4.78, 5) is 0. The molecular weight excluding hydrogens is 198 g/mol. The van der Waals surface area contributed by atoms with Gasteiger partial charge in [0, 0.05) is 18.9 Å². The minimum absolute atomic E-state index is 0.456. The van der Waals surface area contributed by atoms with Gasteiger partial charge in [-0.2, -0.15) is 5.10 Å². The number of hydrogen-bond donors (Lipinski definition) is 1. The number of rotatable bonds is 4. The summed E-state index contributed by atoms with van der Waals surface area (Å²) in [6.45, 7) is 0.873. The number of aromatic nitrogens is 2. The Morgan fingerprint density at radius 3 is 2.81 bits per heavy atom. The number of fused-ring (bicyclic) bond motifs is 1. The quantitative estimate of drug-likeness (QED) is 0.838. The molecule has 0 saturated heterocycles. The Kier molecular flexibility index (Phi) is 2.32. The zero-order valence-corrected chi connectivity index (χ0v) is 10.0. The number of nitrogens with two attached hydrogens (primary N) is 1. The van der Waals surface area contributed by atoms with Crippen LogP contribution in [0.15, 0.2) is 12.3 Å². The maximum Gasteiger partial charge on any atom is 0.0492 e.